The Balaban J connectivity index is 2.17. The summed E-state index contributed by atoms with van der Waals surface area (Å²) in [5, 5.41) is 8.86. The molecule has 31 heavy (non-hydrogen) atoms. The van der Waals surface area contributed by atoms with Crippen molar-refractivity contribution in [3.05, 3.63) is 95.6 Å². The quantitative estimate of drug-likeness (QED) is 0.434. The second-order valence-electron chi connectivity index (χ2n) is 6.52. The summed E-state index contributed by atoms with van der Waals surface area (Å²) < 4.78 is 92.9. The van der Waals surface area contributed by atoms with Gasteiger partial charge in [0.1, 0.15) is 11.5 Å². The highest BCUT2D eigenvalue weighted by Gasteiger charge is 2.73. The molecule has 9 heteroatoms. The highest BCUT2D eigenvalue weighted by molar-refractivity contribution is 5.87. The average Bonchev–Trinajstić information content (AvgIpc) is 2.73. The second kappa shape index (κ2) is 7.98. The van der Waals surface area contributed by atoms with Crippen LogP contribution in [0.3, 0.4) is 0 Å². The molecule has 0 aliphatic heterocycles. The van der Waals surface area contributed by atoms with Gasteiger partial charge in [0.05, 0.1) is 5.56 Å². The summed E-state index contributed by atoms with van der Waals surface area (Å²) in [6.45, 7) is 0. The van der Waals surface area contributed by atoms with E-state index in [0.717, 1.165) is 12.1 Å². The third-order valence-electron chi connectivity index (χ3n) is 4.55. The van der Waals surface area contributed by atoms with Crippen LogP contribution in [0.4, 0.5) is 26.3 Å². The maximum Gasteiger partial charge on any atom is 0.433 e. The van der Waals surface area contributed by atoms with E-state index in [2.05, 4.69) is 0 Å². The first-order valence-corrected chi connectivity index (χ1v) is 8.78. The predicted molar refractivity (Wildman–Crippen MR) is 99.1 cm³/mol. The molecule has 0 heterocycles. The summed E-state index contributed by atoms with van der Waals surface area (Å²) in [7, 11) is 0. The SMILES string of the molecule is O=C(O)c1ccc(C(F)(F)C(F)(c2ccccc2Oc2ccccc2)C(F)(F)F)cc1. The average molecular weight is 440 g/mol. The molecule has 1 atom stereocenters. The first-order valence-electron chi connectivity index (χ1n) is 8.78. The lowest BCUT2D eigenvalue weighted by molar-refractivity contribution is -0.315. The van der Waals surface area contributed by atoms with E-state index >= 15 is 13.2 Å². The second-order valence-corrected chi connectivity index (χ2v) is 6.52. The summed E-state index contributed by atoms with van der Waals surface area (Å²) in [5.41, 5.74) is -8.37. The van der Waals surface area contributed by atoms with Crippen molar-refractivity contribution in [1.29, 1.82) is 0 Å². The molecule has 0 radical (unpaired) electrons. The summed E-state index contributed by atoms with van der Waals surface area (Å²) in [5.74, 6) is -7.30. The maximum absolute atomic E-state index is 15.6. The van der Waals surface area contributed by atoms with Crippen LogP contribution in [0.1, 0.15) is 21.5 Å². The van der Waals surface area contributed by atoms with Crippen molar-refractivity contribution in [2.45, 2.75) is 17.8 Å². The molecule has 3 nitrogen and oxygen atoms in total. The third kappa shape index (κ3) is 3.95. The van der Waals surface area contributed by atoms with Crippen LogP contribution in [0.25, 0.3) is 0 Å². The monoisotopic (exact) mass is 440 g/mol. The van der Waals surface area contributed by atoms with Crippen LogP contribution in [-0.4, -0.2) is 17.3 Å². The molecule has 162 valence electrons. The number of rotatable bonds is 6. The number of carbonyl (C=O) groups is 1. The zero-order valence-corrected chi connectivity index (χ0v) is 15.5. The Morgan fingerprint density at radius 1 is 0.742 bits per heavy atom. The number of benzene rings is 3. The summed E-state index contributed by atoms with van der Waals surface area (Å²) in [6, 6.07) is 13.3. The summed E-state index contributed by atoms with van der Waals surface area (Å²) in [6.07, 6.45) is -6.04. The molecule has 0 fully saturated rings. The Kier molecular flexibility index (Phi) is 5.71. The number of ether oxygens (including phenoxy) is 1. The fourth-order valence-electron chi connectivity index (χ4n) is 2.98. The van der Waals surface area contributed by atoms with Crippen LogP contribution >= 0.6 is 0 Å². The number of halogens is 6. The van der Waals surface area contributed by atoms with Gasteiger partial charge >= 0.3 is 23.7 Å². The highest BCUT2D eigenvalue weighted by Crippen LogP contribution is 2.59. The van der Waals surface area contributed by atoms with Gasteiger partial charge in [-0.1, -0.05) is 48.5 Å². The molecule has 0 amide bonds. The molecule has 3 rings (SSSR count). The normalized spacial score (nSPS) is 14.0. The molecule has 0 saturated carbocycles. The van der Waals surface area contributed by atoms with Gasteiger partial charge in [-0.3, -0.25) is 0 Å². The van der Waals surface area contributed by atoms with Gasteiger partial charge in [-0.25, -0.2) is 9.18 Å². The number of hydrogen-bond donors (Lipinski definition) is 1. The molecule has 0 spiro atoms. The van der Waals surface area contributed by atoms with E-state index in [0.29, 0.717) is 30.3 Å². The topological polar surface area (TPSA) is 46.5 Å². The molecular formula is C22H14F6O3. The zero-order valence-electron chi connectivity index (χ0n) is 15.5. The molecule has 1 unspecified atom stereocenters. The van der Waals surface area contributed by atoms with Gasteiger partial charge in [-0.05, 0) is 30.3 Å². The number of alkyl halides is 6. The van der Waals surface area contributed by atoms with Gasteiger partial charge in [-0.2, -0.15) is 22.0 Å². The third-order valence-corrected chi connectivity index (χ3v) is 4.55. The van der Waals surface area contributed by atoms with Gasteiger partial charge in [0, 0.05) is 11.1 Å². The molecule has 0 saturated heterocycles. The fourth-order valence-corrected chi connectivity index (χ4v) is 2.98. The number of aromatic carboxylic acids is 1. The van der Waals surface area contributed by atoms with E-state index in [4.69, 9.17) is 9.84 Å². The highest BCUT2D eigenvalue weighted by atomic mass is 19.4. The lowest BCUT2D eigenvalue weighted by Crippen LogP contribution is -2.51. The maximum atomic E-state index is 15.6. The van der Waals surface area contributed by atoms with Gasteiger partial charge in [0.15, 0.2) is 0 Å². The number of carboxylic acid groups (broad SMARTS) is 1. The Morgan fingerprint density at radius 3 is 1.84 bits per heavy atom. The molecule has 0 bridgehead atoms. The molecule has 1 N–H and O–H groups in total. The first kappa shape index (κ1) is 22.2. The Hall–Kier alpha value is -3.49. The van der Waals surface area contributed by atoms with Crippen LogP contribution < -0.4 is 4.74 Å². The number of hydrogen-bond acceptors (Lipinski definition) is 2. The van der Waals surface area contributed by atoms with Gasteiger partial charge in [0.25, 0.3) is 0 Å². The molecule has 0 aromatic heterocycles. The summed E-state index contributed by atoms with van der Waals surface area (Å²) in [4.78, 5) is 10.9. The van der Waals surface area contributed by atoms with E-state index in [-0.39, 0.29) is 5.75 Å². The van der Waals surface area contributed by atoms with Gasteiger partial charge in [-0.15, -0.1) is 0 Å². The van der Waals surface area contributed by atoms with E-state index in [1.165, 1.54) is 30.3 Å². The van der Waals surface area contributed by atoms with Gasteiger partial charge < -0.3 is 9.84 Å². The lowest BCUT2D eigenvalue weighted by Gasteiger charge is -2.36. The Morgan fingerprint density at radius 2 is 1.29 bits per heavy atom. The minimum Gasteiger partial charge on any atom is -0.478 e. The molecular weight excluding hydrogens is 426 g/mol. The summed E-state index contributed by atoms with van der Waals surface area (Å²) >= 11 is 0. The Bertz CT molecular complexity index is 1060. The number of carboxylic acids is 1. The van der Waals surface area contributed by atoms with E-state index < -0.39 is 46.2 Å². The van der Waals surface area contributed by atoms with E-state index in [9.17, 15) is 18.0 Å². The fraction of sp³-hybridized carbons (Fsp3) is 0.136. The minimum atomic E-state index is -6.04. The van der Waals surface area contributed by atoms with Crippen LogP contribution in [0.15, 0.2) is 78.9 Å². The van der Waals surface area contributed by atoms with Crippen molar-refractivity contribution in [2.24, 2.45) is 0 Å². The molecule has 0 aliphatic rings. The zero-order chi connectivity index (χ0) is 22.9. The minimum absolute atomic E-state index is 0.0219. The van der Waals surface area contributed by atoms with Crippen LogP contribution in [0.5, 0.6) is 11.5 Å². The standard InChI is InChI=1S/C22H14F6O3/c23-20(22(26,27)28,21(24,25)15-12-10-14(11-13-15)19(29)30)17-8-4-5-9-18(17)31-16-6-2-1-3-7-16/h1-13H,(H,29,30). The van der Waals surface area contributed by atoms with Crippen LogP contribution in [-0.2, 0) is 11.6 Å². The van der Waals surface area contributed by atoms with Crippen LogP contribution in [0, 0.1) is 0 Å². The van der Waals surface area contributed by atoms with Crippen molar-refractivity contribution >= 4 is 5.97 Å². The van der Waals surface area contributed by atoms with Crippen molar-refractivity contribution in [3.63, 3.8) is 0 Å². The van der Waals surface area contributed by atoms with Crippen molar-refractivity contribution in [2.75, 3.05) is 0 Å². The number of para-hydroxylation sites is 2. The largest absolute Gasteiger partial charge is 0.478 e. The van der Waals surface area contributed by atoms with Crippen molar-refractivity contribution in [3.8, 4) is 11.5 Å². The van der Waals surface area contributed by atoms with Crippen molar-refractivity contribution in [1.82, 2.24) is 0 Å². The molecule has 3 aromatic carbocycles. The molecule has 3 aromatic rings. The predicted octanol–water partition coefficient (Wildman–Crippen LogP) is 6.70. The van der Waals surface area contributed by atoms with Crippen molar-refractivity contribution < 1.29 is 41.0 Å². The van der Waals surface area contributed by atoms with Gasteiger partial charge in [0.2, 0.25) is 0 Å². The Labute approximate surface area is 172 Å². The van der Waals surface area contributed by atoms with Crippen LogP contribution in [0.2, 0.25) is 0 Å². The lowest BCUT2D eigenvalue weighted by atomic mass is 9.83. The molecule has 0 aliphatic carbocycles. The smallest absolute Gasteiger partial charge is 0.433 e. The van der Waals surface area contributed by atoms with E-state index in [1.807, 2.05) is 0 Å². The van der Waals surface area contributed by atoms with E-state index in [1.54, 1.807) is 6.07 Å². The first-order chi connectivity index (χ1) is 14.5.